The minimum atomic E-state index is 0.166. The molecule has 0 aromatic heterocycles. The summed E-state index contributed by atoms with van der Waals surface area (Å²) in [7, 11) is 0. The summed E-state index contributed by atoms with van der Waals surface area (Å²) in [6.07, 6.45) is 11.2. The fraction of sp³-hybridized carbons (Fsp3) is 0.923. The van der Waals surface area contributed by atoms with Gasteiger partial charge in [-0.15, -0.1) is 0 Å². The third kappa shape index (κ3) is 4.18. The first-order valence-corrected chi connectivity index (χ1v) is 8.02. The Morgan fingerprint density at radius 2 is 2.00 bits per heavy atom. The highest BCUT2D eigenvalue weighted by atomic mass is 32.2. The molecule has 3 nitrogen and oxygen atoms in total. The lowest BCUT2D eigenvalue weighted by Crippen LogP contribution is -2.43. The molecule has 2 saturated carbocycles. The first kappa shape index (κ1) is 13.2. The van der Waals surface area contributed by atoms with Crippen molar-refractivity contribution in [2.75, 3.05) is 19.3 Å². The van der Waals surface area contributed by atoms with Gasteiger partial charge in [0.05, 0.1) is 6.54 Å². The molecule has 2 aliphatic carbocycles. The predicted molar refractivity (Wildman–Crippen MR) is 73.4 cm³/mol. The van der Waals surface area contributed by atoms with Crippen LogP contribution < -0.4 is 10.6 Å². The Balaban J connectivity index is 1.66. The summed E-state index contributed by atoms with van der Waals surface area (Å²) in [5.74, 6) is 0.166. The molecule has 0 aromatic carbocycles. The van der Waals surface area contributed by atoms with Gasteiger partial charge in [-0.2, -0.15) is 11.8 Å². The fourth-order valence-corrected chi connectivity index (χ4v) is 3.50. The van der Waals surface area contributed by atoms with Gasteiger partial charge in [0, 0.05) is 17.3 Å². The highest BCUT2D eigenvalue weighted by Gasteiger charge is 2.31. The van der Waals surface area contributed by atoms with Crippen LogP contribution in [0.2, 0.25) is 0 Å². The van der Waals surface area contributed by atoms with E-state index in [0.717, 1.165) is 6.54 Å². The lowest BCUT2D eigenvalue weighted by Gasteiger charge is -2.36. The lowest BCUT2D eigenvalue weighted by atomic mass is 9.88. The molecule has 0 bridgehead atoms. The van der Waals surface area contributed by atoms with Gasteiger partial charge in [-0.05, 0) is 31.9 Å². The maximum atomic E-state index is 11.5. The summed E-state index contributed by atoms with van der Waals surface area (Å²) in [4.78, 5) is 11.5. The second-order valence-corrected chi connectivity index (χ2v) is 6.67. The molecule has 98 valence electrons. The Morgan fingerprint density at radius 3 is 2.59 bits per heavy atom. The van der Waals surface area contributed by atoms with Crippen LogP contribution in [0.1, 0.15) is 44.9 Å². The summed E-state index contributed by atoms with van der Waals surface area (Å²) < 4.78 is 0.387. The SMILES string of the molecule is CSC1(CNCC(=O)NC2CC2)CCCCC1. The van der Waals surface area contributed by atoms with E-state index in [1.807, 2.05) is 11.8 Å². The van der Waals surface area contributed by atoms with Gasteiger partial charge in [0.1, 0.15) is 0 Å². The maximum Gasteiger partial charge on any atom is 0.234 e. The van der Waals surface area contributed by atoms with E-state index in [2.05, 4.69) is 16.9 Å². The van der Waals surface area contributed by atoms with Crippen molar-refractivity contribution in [1.29, 1.82) is 0 Å². The van der Waals surface area contributed by atoms with Crippen LogP contribution in [0, 0.1) is 0 Å². The minimum Gasteiger partial charge on any atom is -0.352 e. The molecule has 17 heavy (non-hydrogen) atoms. The van der Waals surface area contributed by atoms with Crippen molar-refractivity contribution in [3.8, 4) is 0 Å². The number of carbonyl (C=O) groups excluding carboxylic acids is 1. The number of rotatable bonds is 6. The smallest absolute Gasteiger partial charge is 0.234 e. The molecule has 0 aliphatic heterocycles. The molecule has 1 amide bonds. The zero-order valence-corrected chi connectivity index (χ0v) is 11.6. The number of hydrogen-bond acceptors (Lipinski definition) is 3. The number of nitrogens with one attached hydrogen (secondary N) is 2. The van der Waals surface area contributed by atoms with Crippen LogP contribution in [0.4, 0.5) is 0 Å². The van der Waals surface area contributed by atoms with E-state index >= 15 is 0 Å². The highest BCUT2D eigenvalue weighted by molar-refractivity contribution is 8.00. The van der Waals surface area contributed by atoms with Crippen molar-refractivity contribution < 1.29 is 4.79 Å². The fourth-order valence-electron chi connectivity index (χ4n) is 2.56. The molecule has 0 spiro atoms. The van der Waals surface area contributed by atoms with Gasteiger partial charge < -0.3 is 10.6 Å². The van der Waals surface area contributed by atoms with E-state index in [9.17, 15) is 4.79 Å². The summed E-state index contributed by atoms with van der Waals surface area (Å²) in [5.41, 5.74) is 0. The Bertz CT molecular complexity index is 260. The van der Waals surface area contributed by atoms with Crippen LogP contribution in [0.25, 0.3) is 0 Å². The van der Waals surface area contributed by atoms with E-state index in [0.29, 0.717) is 17.3 Å². The number of thioether (sulfide) groups is 1. The molecule has 0 saturated heterocycles. The minimum absolute atomic E-state index is 0.166. The third-order valence-electron chi connectivity index (χ3n) is 3.87. The average Bonchev–Trinajstić information content (AvgIpc) is 3.14. The quantitative estimate of drug-likeness (QED) is 0.763. The zero-order chi connectivity index (χ0) is 12.1. The van der Waals surface area contributed by atoms with Crippen molar-refractivity contribution in [3.63, 3.8) is 0 Å². The Hall–Kier alpha value is -0.220. The molecule has 0 aromatic rings. The van der Waals surface area contributed by atoms with Gasteiger partial charge in [0.15, 0.2) is 0 Å². The zero-order valence-electron chi connectivity index (χ0n) is 10.8. The summed E-state index contributed by atoms with van der Waals surface area (Å²) in [6.45, 7) is 1.46. The van der Waals surface area contributed by atoms with E-state index in [1.165, 1.54) is 44.9 Å². The van der Waals surface area contributed by atoms with Gasteiger partial charge in [-0.1, -0.05) is 19.3 Å². The van der Waals surface area contributed by atoms with Gasteiger partial charge in [-0.3, -0.25) is 4.79 Å². The first-order valence-electron chi connectivity index (χ1n) is 6.79. The first-order chi connectivity index (χ1) is 8.24. The molecule has 2 N–H and O–H groups in total. The molecule has 0 radical (unpaired) electrons. The van der Waals surface area contributed by atoms with Gasteiger partial charge >= 0.3 is 0 Å². The standard InChI is InChI=1S/C13H24N2OS/c1-17-13(7-3-2-4-8-13)10-14-9-12(16)15-11-5-6-11/h11,14H,2-10H2,1H3,(H,15,16). The summed E-state index contributed by atoms with van der Waals surface area (Å²) in [6, 6.07) is 0.480. The second kappa shape index (κ2) is 6.10. The normalized spacial score (nSPS) is 23.4. The predicted octanol–water partition coefficient (Wildman–Crippen LogP) is 1.92. The van der Waals surface area contributed by atoms with Gasteiger partial charge in [-0.25, -0.2) is 0 Å². The van der Waals surface area contributed by atoms with Crippen LogP contribution in [0.3, 0.4) is 0 Å². The van der Waals surface area contributed by atoms with Crippen molar-refractivity contribution in [2.24, 2.45) is 0 Å². The number of amides is 1. The molecular weight excluding hydrogens is 232 g/mol. The maximum absolute atomic E-state index is 11.5. The Morgan fingerprint density at radius 1 is 1.29 bits per heavy atom. The summed E-state index contributed by atoms with van der Waals surface area (Å²) in [5, 5.41) is 6.36. The number of hydrogen-bond donors (Lipinski definition) is 2. The highest BCUT2D eigenvalue weighted by Crippen LogP contribution is 2.37. The second-order valence-electron chi connectivity index (χ2n) is 5.39. The van der Waals surface area contributed by atoms with E-state index in [4.69, 9.17) is 0 Å². The number of carbonyl (C=O) groups is 1. The topological polar surface area (TPSA) is 41.1 Å². The average molecular weight is 256 g/mol. The third-order valence-corrected chi connectivity index (χ3v) is 5.29. The van der Waals surface area contributed by atoms with Crippen molar-refractivity contribution in [2.45, 2.75) is 55.7 Å². The van der Waals surface area contributed by atoms with Crippen LogP contribution >= 0.6 is 11.8 Å². The van der Waals surface area contributed by atoms with Crippen molar-refractivity contribution in [1.82, 2.24) is 10.6 Å². The Labute approximate surface area is 108 Å². The van der Waals surface area contributed by atoms with Crippen LogP contribution in [0.5, 0.6) is 0 Å². The lowest BCUT2D eigenvalue weighted by molar-refractivity contribution is -0.120. The molecule has 0 unspecified atom stereocenters. The molecule has 0 atom stereocenters. The van der Waals surface area contributed by atoms with Crippen molar-refractivity contribution in [3.05, 3.63) is 0 Å². The van der Waals surface area contributed by atoms with E-state index in [-0.39, 0.29) is 5.91 Å². The van der Waals surface area contributed by atoms with Crippen LogP contribution in [-0.2, 0) is 4.79 Å². The molecule has 0 heterocycles. The van der Waals surface area contributed by atoms with Crippen LogP contribution in [-0.4, -0.2) is 36.0 Å². The van der Waals surface area contributed by atoms with Gasteiger partial charge in [0.25, 0.3) is 0 Å². The van der Waals surface area contributed by atoms with E-state index < -0.39 is 0 Å². The molecular formula is C13H24N2OS. The Kier molecular flexibility index (Phi) is 4.74. The van der Waals surface area contributed by atoms with E-state index in [1.54, 1.807) is 0 Å². The molecule has 2 aliphatic rings. The monoisotopic (exact) mass is 256 g/mol. The molecule has 2 rings (SSSR count). The van der Waals surface area contributed by atoms with Gasteiger partial charge in [0.2, 0.25) is 5.91 Å². The van der Waals surface area contributed by atoms with Crippen molar-refractivity contribution >= 4 is 17.7 Å². The summed E-state index contributed by atoms with van der Waals surface area (Å²) >= 11 is 1.98. The largest absolute Gasteiger partial charge is 0.352 e. The molecule has 2 fully saturated rings. The van der Waals surface area contributed by atoms with Crippen LogP contribution in [0.15, 0.2) is 0 Å². The molecule has 4 heteroatoms.